The summed E-state index contributed by atoms with van der Waals surface area (Å²) in [6, 6.07) is 11.1. The van der Waals surface area contributed by atoms with Gasteiger partial charge < -0.3 is 5.11 Å². The highest BCUT2D eigenvalue weighted by Crippen LogP contribution is 2.54. The fourth-order valence-corrected chi connectivity index (χ4v) is 6.32. The Bertz CT molecular complexity index is 1150. The molecule has 0 spiro atoms. The van der Waals surface area contributed by atoms with Crippen LogP contribution in [0.1, 0.15) is 36.1 Å². The van der Waals surface area contributed by atoms with Gasteiger partial charge in [0.25, 0.3) is 0 Å². The Morgan fingerprint density at radius 2 is 1.82 bits per heavy atom. The van der Waals surface area contributed by atoms with Crippen molar-refractivity contribution in [2.75, 3.05) is 19.7 Å². The molecule has 0 radical (unpaired) electrons. The van der Waals surface area contributed by atoms with E-state index in [1.165, 1.54) is 0 Å². The molecule has 2 heterocycles. The monoisotopic (exact) mass is 481 g/mol. The maximum Gasteiger partial charge on any atom is 0.433 e. The first-order valence-corrected chi connectivity index (χ1v) is 11.4. The number of fused-ring (bicyclic) bond motifs is 3. The van der Waals surface area contributed by atoms with Gasteiger partial charge in [0.1, 0.15) is 22.1 Å². The molecule has 33 heavy (non-hydrogen) atoms. The number of aliphatic hydroxyl groups is 1. The minimum absolute atomic E-state index is 0.126. The molecule has 1 aliphatic heterocycles. The van der Waals surface area contributed by atoms with Crippen molar-refractivity contribution in [2.24, 2.45) is 11.8 Å². The van der Waals surface area contributed by atoms with Crippen molar-refractivity contribution in [2.45, 2.75) is 37.4 Å². The summed E-state index contributed by atoms with van der Waals surface area (Å²) in [5, 5.41) is 15.8. The van der Waals surface area contributed by atoms with Gasteiger partial charge in [-0.05, 0) is 41.9 Å². The molecule has 2 bridgehead atoms. The van der Waals surface area contributed by atoms with Crippen molar-refractivity contribution in [3.8, 4) is 0 Å². The lowest BCUT2D eigenvalue weighted by atomic mass is 9.54. The zero-order valence-corrected chi connectivity index (χ0v) is 18.6. The van der Waals surface area contributed by atoms with E-state index in [1.807, 2.05) is 35.4 Å². The molecule has 1 aliphatic carbocycles. The van der Waals surface area contributed by atoms with E-state index in [0.29, 0.717) is 13.1 Å². The number of aromatic amines is 1. The molecule has 0 amide bonds. The second kappa shape index (κ2) is 8.25. The molecule has 176 valence electrons. The van der Waals surface area contributed by atoms with Crippen molar-refractivity contribution in [1.29, 1.82) is 0 Å². The number of halogens is 5. The minimum atomic E-state index is -4.72. The highest BCUT2D eigenvalue weighted by molar-refractivity contribution is 6.35. The molecule has 9 heteroatoms. The van der Waals surface area contributed by atoms with Gasteiger partial charge in [0.05, 0.1) is 6.61 Å². The van der Waals surface area contributed by atoms with Crippen LogP contribution in [0.3, 0.4) is 0 Å². The Balaban J connectivity index is 1.63. The number of hydrogen-bond acceptors (Lipinski definition) is 3. The summed E-state index contributed by atoms with van der Waals surface area (Å²) in [5.74, 6) is -1.08. The fourth-order valence-electron chi connectivity index (χ4n) is 6.13. The van der Waals surface area contributed by atoms with Crippen LogP contribution in [0.4, 0.5) is 17.6 Å². The van der Waals surface area contributed by atoms with Gasteiger partial charge in [-0.25, -0.2) is 4.39 Å². The van der Waals surface area contributed by atoms with Crippen molar-refractivity contribution in [3.05, 3.63) is 64.1 Å². The van der Waals surface area contributed by atoms with Gasteiger partial charge in [0, 0.05) is 30.4 Å². The van der Waals surface area contributed by atoms with Gasteiger partial charge in [-0.2, -0.15) is 18.3 Å². The molecular formula is C24H24ClF4N3O. The van der Waals surface area contributed by atoms with Crippen LogP contribution in [0, 0.1) is 17.7 Å². The first kappa shape index (κ1) is 22.6. The summed E-state index contributed by atoms with van der Waals surface area (Å²) < 4.78 is 56.5. The number of nitrogens with zero attached hydrogens (tertiary/aromatic N) is 2. The van der Waals surface area contributed by atoms with E-state index in [0.717, 1.165) is 37.4 Å². The maximum atomic E-state index is 14.9. The highest BCUT2D eigenvalue weighted by atomic mass is 35.5. The third-order valence-corrected chi connectivity index (χ3v) is 7.90. The average molecular weight is 482 g/mol. The summed E-state index contributed by atoms with van der Waals surface area (Å²) in [5.41, 5.74) is -0.972. The lowest BCUT2D eigenvalue weighted by Crippen LogP contribution is -2.59. The SMILES string of the molecule is OCC1(c2cc(F)c(Cl)c3n[nH]c(C(F)(F)F)c23)C2CCCC1CN(Cc1ccccc1)C2. The number of likely N-dealkylation sites (tertiary alicyclic amines) is 1. The van der Waals surface area contributed by atoms with E-state index < -0.39 is 28.1 Å². The van der Waals surface area contributed by atoms with Gasteiger partial charge in [0.15, 0.2) is 0 Å². The third-order valence-electron chi connectivity index (χ3n) is 7.54. The van der Waals surface area contributed by atoms with Crippen LogP contribution < -0.4 is 0 Å². The van der Waals surface area contributed by atoms with Gasteiger partial charge in [-0.15, -0.1) is 0 Å². The zero-order valence-electron chi connectivity index (χ0n) is 17.8. The van der Waals surface area contributed by atoms with Crippen molar-refractivity contribution in [1.82, 2.24) is 15.1 Å². The van der Waals surface area contributed by atoms with Crippen LogP contribution in [-0.4, -0.2) is 39.9 Å². The van der Waals surface area contributed by atoms with Crippen molar-refractivity contribution >= 4 is 22.5 Å². The van der Waals surface area contributed by atoms with Crippen LogP contribution in [0.2, 0.25) is 5.02 Å². The Morgan fingerprint density at radius 3 is 2.42 bits per heavy atom. The van der Waals surface area contributed by atoms with Gasteiger partial charge in [-0.1, -0.05) is 48.4 Å². The molecule has 2 aliphatic rings. The molecule has 2 fully saturated rings. The number of rotatable bonds is 4. The number of benzene rings is 2. The zero-order chi connectivity index (χ0) is 23.4. The van der Waals surface area contributed by atoms with Gasteiger partial charge in [0.2, 0.25) is 0 Å². The standard InChI is InChI=1S/C24H24ClF4N3O/c25-20-18(26)9-17(19-21(20)30-31-22(19)24(27,28)29)23(13-33)15-7-4-8-16(23)12-32(11-15)10-14-5-2-1-3-6-14/h1-3,5-6,9,15-16,33H,4,7-8,10-13H2,(H,30,31). The second-order valence-electron chi connectivity index (χ2n) is 9.24. The Hall–Kier alpha value is -2.16. The second-order valence-corrected chi connectivity index (χ2v) is 9.62. The first-order valence-electron chi connectivity index (χ1n) is 11.1. The molecule has 1 aromatic heterocycles. The highest BCUT2D eigenvalue weighted by Gasteiger charge is 2.54. The number of hydrogen-bond donors (Lipinski definition) is 2. The lowest BCUT2D eigenvalue weighted by Gasteiger charge is -2.56. The van der Waals surface area contributed by atoms with Crippen LogP contribution >= 0.6 is 11.6 Å². The maximum absolute atomic E-state index is 14.9. The Morgan fingerprint density at radius 1 is 1.15 bits per heavy atom. The van der Waals surface area contributed by atoms with E-state index in [-0.39, 0.29) is 34.9 Å². The number of H-pyrrole nitrogens is 1. The Labute approximate surface area is 193 Å². The molecule has 5 rings (SSSR count). The van der Waals surface area contributed by atoms with E-state index in [4.69, 9.17) is 11.6 Å². The quantitative estimate of drug-likeness (QED) is 0.481. The van der Waals surface area contributed by atoms with Gasteiger partial charge in [-0.3, -0.25) is 10.00 Å². The molecule has 2 atom stereocenters. The summed E-state index contributed by atoms with van der Waals surface area (Å²) in [6.45, 7) is 1.58. The van der Waals surface area contributed by atoms with E-state index >= 15 is 0 Å². The van der Waals surface area contributed by atoms with Crippen LogP contribution in [0.15, 0.2) is 36.4 Å². The summed E-state index contributed by atoms with van der Waals surface area (Å²) in [7, 11) is 0. The van der Waals surface area contributed by atoms with E-state index in [9.17, 15) is 22.7 Å². The Kier molecular flexibility index (Phi) is 5.66. The topological polar surface area (TPSA) is 52.2 Å². The van der Waals surface area contributed by atoms with Crippen LogP contribution in [0.25, 0.3) is 10.9 Å². The molecular weight excluding hydrogens is 458 g/mol. The van der Waals surface area contributed by atoms with Crippen molar-refractivity contribution < 1.29 is 22.7 Å². The predicted octanol–water partition coefficient (Wildman–Crippen LogP) is 5.54. The summed E-state index contributed by atoms with van der Waals surface area (Å²) >= 11 is 6.03. The molecule has 1 saturated carbocycles. The number of aliphatic hydroxyl groups excluding tert-OH is 1. The summed E-state index contributed by atoms with van der Waals surface area (Å²) in [6.07, 6.45) is -2.31. The van der Waals surface area contributed by atoms with Crippen molar-refractivity contribution in [3.63, 3.8) is 0 Å². The van der Waals surface area contributed by atoms with E-state index in [2.05, 4.69) is 10.00 Å². The normalized spacial score (nSPS) is 26.1. The van der Waals surface area contributed by atoms with Crippen LogP contribution in [0.5, 0.6) is 0 Å². The summed E-state index contributed by atoms with van der Waals surface area (Å²) in [4.78, 5) is 2.29. The fraction of sp³-hybridized carbons (Fsp3) is 0.458. The first-order chi connectivity index (χ1) is 15.8. The van der Waals surface area contributed by atoms with Crippen LogP contribution in [-0.2, 0) is 18.1 Å². The number of piperidine rings is 1. The minimum Gasteiger partial charge on any atom is -0.395 e. The largest absolute Gasteiger partial charge is 0.433 e. The molecule has 1 saturated heterocycles. The predicted molar refractivity (Wildman–Crippen MR) is 117 cm³/mol. The van der Waals surface area contributed by atoms with E-state index in [1.54, 1.807) is 0 Å². The molecule has 2 unspecified atom stereocenters. The number of nitrogens with one attached hydrogen (secondary N) is 1. The molecule has 4 nitrogen and oxygen atoms in total. The smallest absolute Gasteiger partial charge is 0.395 e. The average Bonchev–Trinajstić information content (AvgIpc) is 3.23. The lowest BCUT2D eigenvalue weighted by molar-refractivity contribution is -0.140. The molecule has 3 aromatic rings. The molecule has 2 N–H and O–H groups in total. The third kappa shape index (κ3) is 3.63. The number of alkyl halides is 3. The number of aromatic nitrogens is 2. The molecule has 2 aromatic carbocycles. The van der Waals surface area contributed by atoms with Gasteiger partial charge >= 0.3 is 6.18 Å².